The first-order valence-electron chi connectivity index (χ1n) is 5.88. The number of nitrogens with one attached hydrogen (secondary N) is 1. The number of aliphatic hydroxyl groups excluding tert-OH is 1. The van der Waals surface area contributed by atoms with Crippen molar-refractivity contribution in [1.29, 1.82) is 0 Å². The molecule has 0 saturated carbocycles. The van der Waals surface area contributed by atoms with Crippen LogP contribution in [0.2, 0.25) is 0 Å². The number of aliphatic imine (C=N–C) groups is 1. The largest absolute Gasteiger partial charge is 1.00 e. The molecule has 1 heterocycles. The van der Waals surface area contributed by atoms with Crippen LogP contribution >= 0.6 is 0 Å². The Balaban J connectivity index is -0.000000405. The van der Waals surface area contributed by atoms with Crippen molar-refractivity contribution in [2.75, 3.05) is 19.7 Å². The molecule has 0 saturated heterocycles. The minimum absolute atomic E-state index is 0. The summed E-state index contributed by atoms with van der Waals surface area (Å²) in [7, 11) is 0. The van der Waals surface area contributed by atoms with E-state index in [1.165, 1.54) is 0 Å². The van der Waals surface area contributed by atoms with Crippen molar-refractivity contribution in [3.8, 4) is 0 Å². The molecule has 1 unspecified atom stereocenters. The summed E-state index contributed by atoms with van der Waals surface area (Å²) in [6.07, 6.45) is 2.45. The quantitative estimate of drug-likeness (QED) is 0.311. The van der Waals surface area contributed by atoms with Crippen molar-refractivity contribution < 1.29 is 55.9 Å². The van der Waals surface area contributed by atoms with Gasteiger partial charge in [-0.05, 0) is 6.42 Å². The van der Waals surface area contributed by atoms with Gasteiger partial charge < -0.3 is 22.1 Å². The zero-order valence-electron chi connectivity index (χ0n) is 12.9. The van der Waals surface area contributed by atoms with Gasteiger partial charge in [0.25, 0.3) is 0 Å². The predicted octanol–water partition coefficient (Wildman–Crippen LogP) is -2.77. The van der Waals surface area contributed by atoms with Gasteiger partial charge in [-0.15, -0.1) is 6.58 Å². The summed E-state index contributed by atoms with van der Waals surface area (Å²) in [5, 5.41) is 27.0. The Kier molecular flexibility index (Phi) is 11.6. The predicted molar refractivity (Wildman–Crippen MR) is 71.3 cm³/mol. The Hall–Kier alpha value is -0.890. The first kappa shape index (κ1) is 21.4. The van der Waals surface area contributed by atoms with Crippen LogP contribution in [0.3, 0.4) is 0 Å². The van der Waals surface area contributed by atoms with Crippen LogP contribution in [-0.4, -0.2) is 52.8 Å². The number of carbonyl (C=O) groups is 2. The molecular formula is C12H21N2NaO5. The van der Waals surface area contributed by atoms with Gasteiger partial charge in [0.2, 0.25) is 0 Å². The Bertz CT molecular complexity index is 379. The molecule has 0 spiro atoms. The van der Waals surface area contributed by atoms with E-state index >= 15 is 0 Å². The van der Waals surface area contributed by atoms with Gasteiger partial charge in [-0.1, -0.05) is 13.0 Å². The summed E-state index contributed by atoms with van der Waals surface area (Å²) in [5.74, 6) is -1.23. The van der Waals surface area contributed by atoms with Gasteiger partial charge in [-0.3, -0.25) is 9.79 Å². The Labute approximate surface area is 141 Å². The number of amidine groups is 1. The first-order chi connectivity index (χ1) is 8.91. The fraction of sp³-hybridized carbons (Fsp3) is 0.583. The number of nitrogens with zero attached hydrogens (tertiary/aromatic N) is 1. The molecule has 4 N–H and O–H groups in total. The van der Waals surface area contributed by atoms with Gasteiger partial charge in [0.05, 0.1) is 18.4 Å². The fourth-order valence-electron chi connectivity index (χ4n) is 1.69. The van der Waals surface area contributed by atoms with Crippen LogP contribution in [-0.2, 0) is 9.59 Å². The SMILES string of the molecule is C=CC(CC)(CC(=O)O)C1=NCCN1.O=C(O)CO.[H-].[Na+]. The second kappa shape index (κ2) is 10.8. The Morgan fingerprint density at radius 2 is 2.05 bits per heavy atom. The van der Waals surface area contributed by atoms with Crippen LogP contribution in [0.1, 0.15) is 21.2 Å². The van der Waals surface area contributed by atoms with Gasteiger partial charge in [-0.2, -0.15) is 0 Å². The van der Waals surface area contributed by atoms with E-state index in [1.54, 1.807) is 6.08 Å². The molecular weight excluding hydrogens is 275 g/mol. The Morgan fingerprint density at radius 3 is 2.30 bits per heavy atom. The van der Waals surface area contributed by atoms with E-state index < -0.39 is 24.0 Å². The summed E-state index contributed by atoms with van der Waals surface area (Å²) < 4.78 is 0. The number of aliphatic carboxylic acids is 2. The van der Waals surface area contributed by atoms with E-state index in [0.717, 1.165) is 18.9 Å². The van der Waals surface area contributed by atoms with E-state index in [0.29, 0.717) is 6.42 Å². The summed E-state index contributed by atoms with van der Waals surface area (Å²) >= 11 is 0. The Morgan fingerprint density at radius 1 is 1.50 bits per heavy atom. The molecule has 1 aliphatic rings. The van der Waals surface area contributed by atoms with Crippen LogP contribution in [0, 0.1) is 5.41 Å². The molecule has 7 nitrogen and oxygen atoms in total. The van der Waals surface area contributed by atoms with Crippen LogP contribution in [0.4, 0.5) is 0 Å². The van der Waals surface area contributed by atoms with Gasteiger partial charge in [0, 0.05) is 6.54 Å². The maximum Gasteiger partial charge on any atom is 1.00 e. The van der Waals surface area contributed by atoms with E-state index in [2.05, 4.69) is 16.9 Å². The van der Waals surface area contributed by atoms with Gasteiger partial charge in [0.1, 0.15) is 12.4 Å². The number of carboxylic acids is 2. The average Bonchev–Trinajstić information content (AvgIpc) is 2.90. The van der Waals surface area contributed by atoms with Crippen LogP contribution < -0.4 is 34.9 Å². The summed E-state index contributed by atoms with van der Waals surface area (Å²) in [6.45, 7) is 6.41. The van der Waals surface area contributed by atoms with E-state index in [9.17, 15) is 4.79 Å². The molecule has 1 aliphatic heterocycles. The summed E-state index contributed by atoms with van der Waals surface area (Å²) in [4.78, 5) is 24.2. The van der Waals surface area contributed by atoms with Crippen LogP contribution in [0.15, 0.2) is 17.6 Å². The normalized spacial score (nSPS) is 15.4. The van der Waals surface area contributed by atoms with Gasteiger partial charge >= 0.3 is 41.5 Å². The molecule has 110 valence electrons. The van der Waals surface area contributed by atoms with Crippen LogP contribution in [0.25, 0.3) is 0 Å². The summed E-state index contributed by atoms with van der Waals surface area (Å²) in [5.41, 5.74) is -0.512. The molecule has 0 radical (unpaired) electrons. The number of carboxylic acid groups (broad SMARTS) is 2. The monoisotopic (exact) mass is 296 g/mol. The molecule has 0 aromatic rings. The second-order valence-electron chi connectivity index (χ2n) is 3.99. The number of aliphatic hydroxyl groups is 1. The van der Waals surface area contributed by atoms with Gasteiger partial charge in [-0.25, -0.2) is 4.79 Å². The number of rotatable bonds is 6. The number of hydrogen-bond acceptors (Lipinski definition) is 5. The minimum Gasteiger partial charge on any atom is -1.00 e. The third-order valence-corrected chi connectivity index (χ3v) is 2.77. The van der Waals surface area contributed by atoms with Crippen molar-refractivity contribution >= 4 is 17.8 Å². The molecule has 0 bridgehead atoms. The molecule has 0 aromatic carbocycles. The van der Waals surface area contributed by atoms with E-state index in [-0.39, 0.29) is 37.4 Å². The molecule has 0 aromatic heterocycles. The molecule has 1 atom stereocenters. The second-order valence-corrected chi connectivity index (χ2v) is 3.99. The zero-order chi connectivity index (χ0) is 14.9. The summed E-state index contributed by atoms with van der Waals surface area (Å²) in [6, 6.07) is 0. The molecule has 0 aliphatic carbocycles. The smallest absolute Gasteiger partial charge is 1.00 e. The topological polar surface area (TPSA) is 119 Å². The van der Waals surface area contributed by atoms with Crippen molar-refractivity contribution in [2.45, 2.75) is 19.8 Å². The molecule has 0 amide bonds. The van der Waals surface area contributed by atoms with Crippen molar-refractivity contribution in [2.24, 2.45) is 10.4 Å². The molecule has 1 rings (SSSR count). The van der Waals surface area contributed by atoms with Crippen molar-refractivity contribution in [3.63, 3.8) is 0 Å². The zero-order valence-corrected chi connectivity index (χ0v) is 13.9. The van der Waals surface area contributed by atoms with Crippen LogP contribution in [0.5, 0.6) is 0 Å². The van der Waals surface area contributed by atoms with Crippen molar-refractivity contribution in [1.82, 2.24) is 5.32 Å². The van der Waals surface area contributed by atoms with E-state index in [4.69, 9.17) is 20.1 Å². The van der Waals surface area contributed by atoms with E-state index in [1.807, 2.05) is 6.92 Å². The molecule has 20 heavy (non-hydrogen) atoms. The maximum absolute atomic E-state index is 10.8. The minimum atomic E-state index is -1.19. The average molecular weight is 296 g/mol. The van der Waals surface area contributed by atoms with Crippen molar-refractivity contribution in [3.05, 3.63) is 12.7 Å². The fourth-order valence-corrected chi connectivity index (χ4v) is 1.69. The first-order valence-corrected chi connectivity index (χ1v) is 5.88. The molecule has 8 heteroatoms. The number of hydrogen-bond donors (Lipinski definition) is 4. The third kappa shape index (κ3) is 7.04. The maximum atomic E-state index is 10.8. The van der Waals surface area contributed by atoms with Gasteiger partial charge in [0.15, 0.2) is 0 Å². The standard InChI is InChI=1S/C10H16N2O2.C2H4O3.Na.H/c1-3-10(4-2,7-8(13)14)9-11-5-6-12-9;3-1-2(4)5;;/h3H,1,4-7H2,2H3,(H,11,12)(H,13,14);3H,1H2,(H,4,5);;/q;;+1;-1. The molecule has 0 fully saturated rings. The third-order valence-electron chi connectivity index (χ3n) is 2.77.